The van der Waals surface area contributed by atoms with Crippen molar-refractivity contribution in [2.75, 3.05) is 24.5 Å². The second-order valence-corrected chi connectivity index (χ2v) is 3.91. The molecule has 0 bridgehead atoms. The summed E-state index contributed by atoms with van der Waals surface area (Å²) in [6.45, 7) is 2.71. The SMILES string of the molecule is N#CC=CCC1CN(c2ncccn2)CCN1. The summed E-state index contributed by atoms with van der Waals surface area (Å²) in [7, 11) is 0. The van der Waals surface area contributed by atoms with Gasteiger partial charge in [0.25, 0.3) is 0 Å². The zero-order chi connectivity index (χ0) is 11.9. The van der Waals surface area contributed by atoms with E-state index in [1.54, 1.807) is 12.4 Å². The number of hydrogen-bond donors (Lipinski definition) is 1. The van der Waals surface area contributed by atoms with Crippen LogP contribution < -0.4 is 10.2 Å². The molecule has 1 aliphatic rings. The Morgan fingerprint density at radius 2 is 2.35 bits per heavy atom. The van der Waals surface area contributed by atoms with E-state index in [1.807, 2.05) is 18.2 Å². The summed E-state index contributed by atoms with van der Waals surface area (Å²) in [5.41, 5.74) is 0. The number of hydrogen-bond acceptors (Lipinski definition) is 5. The monoisotopic (exact) mass is 229 g/mol. The van der Waals surface area contributed by atoms with Crippen molar-refractivity contribution >= 4 is 5.95 Å². The first-order chi connectivity index (χ1) is 8.40. The van der Waals surface area contributed by atoms with E-state index >= 15 is 0 Å². The van der Waals surface area contributed by atoms with Crippen LogP contribution in [0.15, 0.2) is 30.6 Å². The van der Waals surface area contributed by atoms with Crippen molar-refractivity contribution in [3.63, 3.8) is 0 Å². The molecule has 5 heteroatoms. The molecular formula is C12H15N5. The van der Waals surface area contributed by atoms with Crippen LogP contribution in [-0.2, 0) is 0 Å². The van der Waals surface area contributed by atoms with Crippen molar-refractivity contribution in [3.05, 3.63) is 30.6 Å². The van der Waals surface area contributed by atoms with E-state index < -0.39 is 0 Å². The van der Waals surface area contributed by atoms with E-state index in [4.69, 9.17) is 5.26 Å². The Kier molecular flexibility index (Phi) is 4.05. The van der Waals surface area contributed by atoms with Crippen LogP contribution in [0.3, 0.4) is 0 Å². The fourth-order valence-electron chi connectivity index (χ4n) is 1.90. The van der Waals surface area contributed by atoms with Crippen molar-refractivity contribution in [3.8, 4) is 6.07 Å². The summed E-state index contributed by atoms with van der Waals surface area (Å²) in [6.07, 6.45) is 7.80. The summed E-state index contributed by atoms with van der Waals surface area (Å²) in [5.74, 6) is 0.781. The molecule has 0 spiro atoms. The minimum Gasteiger partial charge on any atom is -0.338 e. The molecule has 1 fully saturated rings. The van der Waals surface area contributed by atoms with Crippen molar-refractivity contribution in [2.24, 2.45) is 0 Å². The maximum atomic E-state index is 8.44. The largest absolute Gasteiger partial charge is 0.338 e. The molecule has 0 amide bonds. The van der Waals surface area contributed by atoms with Crippen LogP contribution in [0.2, 0.25) is 0 Å². The normalized spacial score (nSPS) is 20.4. The van der Waals surface area contributed by atoms with Gasteiger partial charge in [-0.1, -0.05) is 6.08 Å². The van der Waals surface area contributed by atoms with E-state index in [9.17, 15) is 0 Å². The third-order valence-electron chi connectivity index (χ3n) is 2.70. The second kappa shape index (κ2) is 5.97. The number of nitrogens with zero attached hydrogens (tertiary/aromatic N) is 4. The van der Waals surface area contributed by atoms with Crippen LogP contribution in [0, 0.1) is 11.3 Å². The number of rotatable bonds is 3. The molecule has 2 heterocycles. The maximum absolute atomic E-state index is 8.44. The minimum atomic E-state index is 0.358. The topological polar surface area (TPSA) is 64.8 Å². The van der Waals surface area contributed by atoms with Crippen LogP contribution in [0.5, 0.6) is 0 Å². The van der Waals surface area contributed by atoms with Gasteiger partial charge in [0.2, 0.25) is 5.95 Å². The van der Waals surface area contributed by atoms with Crippen molar-refractivity contribution in [1.82, 2.24) is 15.3 Å². The Labute approximate surface area is 101 Å². The van der Waals surface area contributed by atoms with Gasteiger partial charge in [-0.3, -0.25) is 0 Å². The predicted molar refractivity (Wildman–Crippen MR) is 65.4 cm³/mol. The van der Waals surface area contributed by atoms with E-state index in [2.05, 4.69) is 20.2 Å². The van der Waals surface area contributed by atoms with Gasteiger partial charge in [-0.2, -0.15) is 5.26 Å². The third-order valence-corrected chi connectivity index (χ3v) is 2.70. The predicted octanol–water partition coefficient (Wildman–Crippen LogP) is 0.725. The van der Waals surface area contributed by atoms with Gasteiger partial charge in [-0.05, 0) is 12.5 Å². The molecule has 0 aliphatic carbocycles. The molecule has 0 radical (unpaired) electrons. The first-order valence-corrected chi connectivity index (χ1v) is 5.70. The summed E-state index contributed by atoms with van der Waals surface area (Å²) in [5, 5.41) is 11.9. The average molecular weight is 229 g/mol. The summed E-state index contributed by atoms with van der Waals surface area (Å²) in [6, 6.07) is 4.18. The molecule has 0 saturated carbocycles. The fraction of sp³-hybridized carbons (Fsp3) is 0.417. The highest BCUT2D eigenvalue weighted by molar-refractivity contribution is 5.30. The highest BCUT2D eigenvalue weighted by Crippen LogP contribution is 2.10. The van der Waals surface area contributed by atoms with Crippen LogP contribution in [0.25, 0.3) is 0 Å². The molecule has 0 aromatic carbocycles. The lowest BCUT2D eigenvalue weighted by Gasteiger charge is -2.33. The van der Waals surface area contributed by atoms with Crippen LogP contribution in [0.1, 0.15) is 6.42 Å². The summed E-state index contributed by atoms with van der Waals surface area (Å²) < 4.78 is 0. The molecule has 1 atom stereocenters. The highest BCUT2D eigenvalue weighted by Gasteiger charge is 2.19. The Morgan fingerprint density at radius 3 is 3.12 bits per heavy atom. The van der Waals surface area contributed by atoms with Gasteiger partial charge in [0.1, 0.15) is 0 Å². The highest BCUT2D eigenvalue weighted by atomic mass is 15.3. The van der Waals surface area contributed by atoms with Crippen LogP contribution in [0.4, 0.5) is 5.95 Å². The smallest absolute Gasteiger partial charge is 0.225 e. The van der Waals surface area contributed by atoms with Gasteiger partial charge in [0, 0.05) is 44.1 Å². The molecule has 1 unspecified atom stereocenters. The molecule has 88 valence electrons. The zero-order valence-electron chi connectivity index (χ0n) is 9.58. The van der Waals surface area contributed by atoms with Gasteiger partial charge in [0.15, 0.2) is 0 Å². The first kappa shape index (κ1) is 11.6. The first-order valence-electron chi connectivity index (χ1n) is 5.70. The number of aromatic nitrogens is 2. The van der Waals surface area contributed by atoms with Gasteiger partial charge in [0.05, 0.1) is 6.07 Å². The number of nitrogens with one attached hydrogen (secondary N) is 1. The lowest BCUT2D eigenvalue weighted by molar-refractivity contribution is 0.455. The molecule has 1 aromatic heterocycles. The summed E-state index contributed by atoms with van der Waals surface area (Å²) >= 11 is 0. The Bertz CT molecular complexity index is 409. The third kappa shape index (κ3) is 3.26. The molecule has 1 N–H and O–H groups in total. The number of allylic oxidation sites excluding steroid dienone is 1. The van der Waals surface area contributed by atoms with Gasteiger partial charge in [-0.25, -0.2) is 9.97 Å². The molecule has 5 nitrogen and oxygen atoms in total. The van der Waals surface area contributed by atoms with Crippen LogP contribution in [-0.4, -0.2) is 35.6 Å². The number of nitriles is 1. The Balaban J connectivity index is 1.94. The van der Waals surface area contributed by atoms with Crippen LogP contribution >= 0.6 is 0 Å². The maximum Gasteiger partial charge on any atom is 0.225 e. The minimum absolute atomic E-state index is 0.358. The Morgan fingerprint density at radius 1 is 1.53 bits per heavy atom. The average Bonchev–Trinajstić information content (AvgIpc) is 2.41. The fourth-order valence-corrected chi connectivity index (χ4v) is 1.90. The molecule has 17 heavy (non-hydrogen) atoms. The molecule has 1 aromatic rings. The van der Waals surface area contributed by atoms with Crippen molar-refractivity contribution in [1.29, 1.82) is 5.26 Å². The van der Waals surface area contributed by atoms with Crippen molar-refractivity contribution in [2.45, 2.75) is 12.5 Å². The van der Waals surface area contributed by atoms with Gasteiger partial charge in [-0.15, -0.1) is 0 Å². The quantitative estimate of drug-likeness (QED) is 0.774. The number of anilines is 1. The molecular weight excluding hydrogens is 214 g/mol. The number of piperazine rings is 1. The van der Waals surface area contributed by atoms with Gasteiger partial charge >= 0.3 is 0 Å². The van der Waals surface area contributed by atoms with Gasteiger partial charge < -0.3 is 10.2 Å². The molecule has 2 rings (SSSR count). The van der Waals surface area contributed by atoms with Crippen molar-refractivity contribution < 1.29 is 0 Å². The zero-order valence-corrected chi connectivity index (χ0v) is 9.58. The second-order valence-electron chi connectivity index (χ2n) is 3.91. The lowest BCUT2D eigenvalue weighted by Crippen LogP contribution is -2.51. The lowest BCUT2D eigenvalue weighted by atomic mass is 10.1. The van der Waals surface area contributed by atoms with E-state index in [-0.39, 0.29) is 0 Å². The Hall–Kier alpha value is -1.93. The van der Waals surface area contributed by atoms with E-state index in [0.717, 1.165) is 32.0 Å². The summed E-state index contributed by atoms with van der Waals surface area (Å²) in [4.78, 5) is 10.7. The van der Waals surface area contributed by atoms with E-state index in [0.29, 0.717) is 6.04 Å². The van der Waals surface area contributed by atoms with E-state index in [1.165, 1.54) is 6.08 Å². The standard InChI is InChI=1S/C12H15N5/c13-5-2-1-4-11-10-17(9-8-14-11)12-15-6-3-7-16-12/h1-3,6-7,11,14H,4,8-10H2. The molecule has 1 saturated heterocycles. The molecule has 1 aliphatic heterocycles.